The number of rotatable bonds is 2. The van der Waals surface area contributed by atoms with Gasteiger partial charge in [0.1, 0.15) is 0 Å². The van der Waals surface area contributed by atoms with E-state index in [9.17, 15) is 0 Å². The molecule has 0 aromatic heterocycles. The molecule has 2 aromatic rings. The molecule has 0 aliphatic heterocycles. The van der Waals surface area contributed by atoms with Gasteiger partial charge in [0, 0.05) is 0 Å². The second kappa shape index (κ2) is 6.58. The molecule has 100 valence electrons. The average Bonchev–Trinajstić information content (AvgIpc) is 2.27. The van der Waals surface area contributed by atoms with Crippen molar-refractivity contribution in [1.29, 1.82) is 0 Å². The predicted molar refractivity (Wildman–Crippen MR) is 85.6 cm³/mol. The van der Waals surface area contributed by atoms with Crippen LogP contribution in [-0.4, -0.2) is 0 Å². The fourth-order valence-corrected chi connectivity index (χ4v) is 2.46. The fourth-order valence-electron chi connectivity index (χ4n) is 2.46. The van der Waals surface area contributed by atoms with Crippen LogP contribution in [0.4, 0.5) is 0 Å². The van der Waals surface area contributed by atoms with Crippen molar-refractivity contribution in [2.75, 3.05) is 0 Å². The first-order valence-electron chi connectivity index (χ1n) is 6.12. The van der Waals surface area contributed by atoms with E-state index in [1.165, 1.54) is 21.9 Å². The predicted octanol–water partition coefficient (Wildman–Crippen LogP) is 6.36. The molecule has 0 heterocycles. The maximum atomic E-state index is 2.29. The molecule has 0 spiro atoms. The minimum atomic E-state index is 0. The summed E-state index contributed by atoms with van der Waals surface area (Å²) in [6.07, 6.45) is 0. The van der Waals surface area contributed by atoms with Crippen LogP contribution < -0.4 is 0 Å². The van der Waals surface area contributed by atoms with Crippen LogP contribution in [0.5, 0.6) is 0 Å². The van der Waals surface area contributed by atoms with Gasteiger partial charge >= 0.3 is 0 Å². The van der Waals surface area contributed by atoms with Gasteiger partial charge in [-0.3, -0.25) is 0 Å². The quantitative estimate of drug-likeness (QED) is 0.576. The van der Waals surface area contributed by atoms with Crippen molar-refractivity contribution in [3.05, 3.63) is 47.5 Å². The van der Waals surface area contributed by atoms with Crippen LogP contribution in [0.3, 0.4) is 0 Å². The molecule has 0 heteroatoms. The van der Waals surface area contributed by atoms with Crippen molar-refractivity contribution in [1.82, 2.24) is 0 Å². The molecule has 0 fully saturated rings. The minimum absolute atomic E-state index is 0. The summed E-state index contributed by atoms with van der Waals surface area (Å²) in [6.45, 7) is 9.12. The molecule has 0 aliphatic carbocycles. The Bertz CT molecular complexity index is 492. The van der Waals surface area contributed by atoms with E-state index in [0.717, 1.165) is 0 Å². The van der Waals surface area contributed by atoms with Crippen LogP contribution >= 0.6 is 0 Å². The molecule has 0 saturated heterocycles. The first-order chi connectivity index (χ1) is 7.61. The third-order valence-electron chi connectivity index (χ3n) is 3.20. The zero-order valence-electron chi connectivity index (χ0n) is 10.6. The Balaban J connectivity index is 0.00000144. The number of hydrogen-bond donors (Lipinski definition) is 0. The number of fused-ring (bicyclic) bond motifs is 1. The summed E-state index contributed by atoms with van der Waals surface area (Å²) in [6, 6.07) is 13.2. The molecule has 2 aromatic carbocycles. The second-order valence-corrected chi connectivity index (χ2v) is 5.10. The molecular weight excluding hydrogens is 216 g/mol. The number of hydrogen-bond acceptors (Lipinski definition) is 0. The van der Waals surface area contributed by atoms with Crippen LogP contribution in [0.25, 0.3) is 10.8 Å². The topological polar surface area (TPSA) is 0 Å². The maximum absolute atomic E-state index is 2.29. The van der Waals surface area contributed by atoms with Crippen molar-refractivity contribution < 1.29 is 0 Å². The van der Waals surface area contributed by atoms with E-state index in [4.69, 9.17) is 0 Å². The van der Waals surface area contributed by atoms with Gasteiger partial charge in [0.15, 0.2) is 0 Å². The van der Waals surface area contributed by atoms with Crippen molar-refractivity contribution >= 4 is 10.8 Å². The van der Waals surface area contributed by atoms with E-state index in [1.807, 2.05) is 0 Å². The summed E-state index contributed by atoms with van der Waals surface area (Å²) in [5.74, 6) is 1.19. The van der Waals surface area contributed by atoms with Crippen LogP contribution in [0, 0.1) is 0 Å². The fraction of sp³-hybridized carbons (Fsp3) is 0.444. The molecule has 0 radical (unpaired) electrons. The van der Waals surface area contributed by atoms with Gasteiger partial charge in [-0.25, -0.2) is 0 Å². The molecule has 0 nitrogen and oxygen atoms in total. The lowest BCUT2D eigenvalue weighted by molar-refractivity contribution is 0.798. The molecule has 0 amide bonds. The molecule has 0 bridgehead atoms. The lowest BCUT2D eigenvalue weighted by Crippen LogP contribution is -1.99. The summed E-state index contributed by atoms with van der Waals surface area (Å²) in [5.41, 5.74) is 3.02. The van der Waals surface area contributed by atoms with Crippen molar-refractivity contribution in [2.24, 2.45) is 0 Å². The molecule has 18 heavy (non-hydrogen) atoms. The first-order valence-corrected chi connectivity index (χ1v) is 6.12. The van der Waals surface area contributed by atoms with Crippen LogP contribution in [0.2, 0.25) is 0 Å². The average molecular weight is 244 g/mol. The zero-order chi connectivity index (χ0) is 11.7. The van der Waals surface area contributed by atoms with E-state index in [1.54, 1.807) is 0 Å². The highest BCUT2D eigenvalue weighted by atomic mass is 14.2. The zero-order valence-corrected chi connectivity index (χ0v) is 10.6. The Kier molecular flexibility index (Phi) is 6.11. The lowest BCUT2D eigenvalue weighted by Gasteiger charge is -2.18. The Hall–Kier alpha value is -1.30. The monoisotopic (exact) mass is 244 g/mol. The van der Waals surface area contributed by atoms with Gasteiger partial charge in [0.05, 0.1) is 0 Å². The first kappa shape index (κ1) is 16.7. The van der Waals surface area contributed by atoms with E-state index in [-0.39, 0.29) is 14.9 Å². The van der Waals surface area contributed by atoms with Gasteiger partial charge in [0.2, 0.25) is 0 Å². The smallest absolute Gasteiger partial charge is 0.0146 e. The molecule has 2 rings (SSSR count). The van der Waals surface area contributed by atoms with Crippen molar-refractivity contribution in [2.45, 2.75) is 54.4 Å². The summed E-state index contributed by atoms with van der Waals surface area (Å²) in [4.78, 5) is 0. The molecular formula is C18H28. The second-order valence-electron chi connectivity index (χ2n) is 5.10. The van der Waals surface area contributed by atoms with Gasteiger partial charge in [-0.1, -0.05) is 78.9 Å². The van der Waals surface area contributed by atoms with Gasteiger partial charge in [-0.2, -0.15) is 0 Å². The van der Waals surface area contributed by atoms with Crippen molar-refractivity contribution in [3.8, 4) is 0 Å². The van der Waals surface area contributed by atoms with Gasteiger partial charge in [0.25, 0.3) is 0 Å². The Morgan fingerprint density at radius 2 is 1.33 bits per heavy atom. The van der Waals surface area contributed by atoms with Gasteiger partial charge in [-0.15, -0.1) is 0 Å². The largest absolute Gasteiger partial charge is 0.0776 e. The standard InChI is InChI=1S/C16H20.2CH4/c1-11(2)14-10-9-13-7-5-6-8-15(13)16(14)12(3)4;;/h5-12H,1-4H3;2*1H4. The van der Waals surface area contributed by atoms with Gasteiger partial charge in [-0.05, 0) is 33.7 Å². The van der Waals surface area contributed by atoms with Crippen LogP contribution in [0.15, 0.2) is 36.4 Å². The number of benzene rings is 2. The summed E-state index contributed by atoms with van der Waals surface area (Å²) >= 11 is 0. The summed E-state index contributed by atoms with van der Waals surface area (Å²) in [7, 11) is 0. The Morgan fingerprint density at radius 3 is 1.89 bits per heavy atom. The van der Waals surface area contributed by atoms with Crippen LogP contribution in [0.1, 0.15) is 65.5 Å². The summed E-state index contributed by atoms with van der Waals surface area (Å²) < 4.78 is 0. The van der Waals surface area contributed by atoms with Gasteiger partial charge < -0.3 is 0 Å². The molecule has 0 saturated carbocycles. The van der Waals surface area contributed by atoms with E-state index in [0.29, 0.717) is 11.8 Å². The lowest BCUT2D eigenvalue weighted by atomic mass is 9.86. The maximum Gasteiger partial charge on any atom is -0.0146 e. The summed E-state index contributed by atoms with van der Waals surface area (Å²) in [5, 5.41) is 2.78. The van der Waals surface area contributed by atoms with E-state index in [2.05, 4.69) is 64.1 Å². The third kappa shape index (κ3) is 2.93. The highest BCUT2D eigenvalue weighted by molar-refractivity contribution is 5.87. The Morgan fingerprint density at radius 1 is 0.722 bits per heavy atom. The molecule has 0 atom stereocenters. The van der Waals surface area contributed by atoms with Crippen molar-refractivity contribution in [3.63, 3.8) is 0 Å². The van der Waals surface area contributed by atoms with Crippen LogP contribution in [-0.2, 0) is 0 Å². The Labute approximate surface area is 113 Å². The third-order valence-corrected chi connectivity index (χ3v) is 3.20. The molecule has 0 N–H and O–H groups in total. The molecule has 0 unspecified atom stereocenters. The SMILES string of the molecule is C.C.CC(C)c1ccc2ccccc2c1C(C)C. The van der Waals surface area contributed by atoms with E-state index < -0.39 is 0 Å². The normalized spacial score (nSPS) is 10.3. The molecule has 0 aliphatic rings. The minimum Gasteiger partial charge on any atom is -0.0776 e. The highest BCUT2D eigenvalue weighted by Crippen LogP contribution is 2.32. The highest BCUT2D eigenvalue weighted by Gasteiger charge is 2.12. The van der Waals surface area contributed by atoms with E-state index >= 15 is 0 Å².